The number of methoxy groups -OCH3 is 2. The highest BCUT2D eigenvalue weighted by Crippen LogP contribution is 2.32. The number of thiazole rings is 1. The molecule has 0 bridgehead atoms. The van der Waals surface area contributed by atoms with Crippen LogP contribution < -0.4 is 43.0 Å². The van der Waals surface area contributed by atoms with E-state index in [9.17, 15) is 47.9 Å². The maximum atomic E-state index is 15.0. The third-order valence-corrected chi connectivity index (χ3v) is 18.9. The van der Waals surface area contributed by atoms with Crippen LogP contribution >= 0.6 is 11.3 Å². The van der Waals surface area contributed by atoms with Gasteiger partial charge in [-0.25, -0.2) is 19.4 Å². The first-order valence-electron chi connectivity index (χ1n) is 34.1. The number of aromatic nitrogens is 1. The number of anilines is 1. The van der Waals surface area contributed by atoms with Crippen molar-refractivity contribution in [2.75, 3.05) is 72.9 Å². The van der Waals surface area contributed by atoms with Crippen molar-refractivity contribution in [3.63, 3.8) is 0 Å². The molecule has 11 amide bonds. The highest BCUT2D eigenvalue weighted by molar-refractivity contribution is 7.09. The number of alkyl carbamates (subject to hydrolysis) is 2. The van der Waals surface area contributed by atoms with Gasteiger partial charge in [-0.3, -0.25) is 33.6 Å². The highest BCUT2D eigenvalue weighted by Gasteiger charge is 2.44. The van der Waals surface area contributed by atoms with Gasteiger partial charge in [0.1, 0.15) is 34.8 Å². The lowest BCUT2D eigenvalue weighted by Crippen LogP contribution is -2.60. The third kappa shape index (κ3) is 23.9. The molecule has 1 unspecified atom stereocenters. The number of primary amides is 1. The van der Waals surface area contributed by atoms with Gasteiger partial charge in [-0.05, 0) is 101 Å². The molecule has 1 aromatic heterocycles. The van der Waals surface area contributed by atoms with Crippen LogP contribution in [0.2, 0.25) is 0 Å². The number of rotatable bonds is 34. The molecule has 2 saturated heterocycles. The second kappa shape index (κ2) is 38.4. The van der Waals surface area contributed by atoms with E-state index < -0.39 is 132 Å². The molecule has 2 fully saturated rings. The number of ether oxygens (including phenoxy) is 4. The molecular weight excluding hydrogens is 1280 g/mol. The molecule has 28 heteroatoms. The second-order valence-corrected chi connectivity index (χ2v) is 28.6. The average Bonchev–Trinajstić information content (AvgIpc) is 1.14. The number of hydrogen-bond acceptors (Lipinski definition) is 17. The largest absolute Gasteiger partial charge is 0.444 e. The molecule has 27 nitrogen and oxygen atoms in total. The van der Waals surface area contributed by atoms with Gasteiger partial charge in [0.25, 0.3) is 5.91 Å². The Morgan fingerprint density at radius 3 is 1.90 bits per heavy atom. The van der Waals surface area contributed by atoms with Gasteiger partial charge in [-0.15, -0.1) is 11.3 Å². The number of nitrogens with zero attached hydrogens (tertiary/aromatic N) is 5. The van der Waals surface area contributed by atoms with Crippen molar-refractivity contribution in [1.82, 2.24) is 56.5 Å². The van der Waals surface area contributed by atoms with E-state index in [1.165, 1.54) is 47.6 Å². The molecule has 9 N–H and O–H groups in total. The van der Waals surface area contributed by atoms with Gasteiger partial charge in [-0.2, -0.15) is 0 Å². The van der Waals surface area contributed by atoms with E-state index in [0.717, 1.165) is 10.6 Å². The number of carbonyl (C=O) groups excluding carboxylic acids is 10. The summed E-state index contributed by atoms with van der Waals surface area (Å²) in [7, 11) is 6.61. The van der Waals surface area contributed by atoms with Crippen LogP contribution in [0.25, 0.3) is 0 Å². The molecule has 2 aliphatic rings. The monoisotopic (exact) mass is 1390 g/mol. The summed E-state index contributed by atoms with van der Waals surface area (Å²) in [4.78, 5) is 151. The number of carbonyl (C=O) groups is 10. The van der Waals surface area contributed by atoms with Crippen LogP contribution in [-0.2, 0) is 58.9 Å². The second-order valence-electron chi connectivity index (χ2n) is 27.7. The number of hydrogen-bond donors (Lipinski definition) is 8. The molecule has 2 aromatic carbocycles. The molecule has 0 spiro atoms. The zero-order valence-corrected chi connectivity index (χ0v) is 61.0. The van der Waals surface area contributed by atoms with Crippen molar-refractivity contribution < 1.29 is 66.9 Å². The smallest absolute Gasteiger partial charge is 0.408 e. The maximum Gasteiger partial charge on any atom is 0.408 e. The lowest BCUT2D eigenvalue weighted by atomic mass is 9.89. The number of nitrogens with two attached hydrogens (primary N) is 1. The Labute approximate surface area is 582 Å². The minimum absolute atomic E-state index is 0.0464. The number of likely N-dealkylation sites (tertiary alicyclic amines) is 1. The number of likely N-dealkylation sites (N-methyl/N-ethyl adjacent to an activating group) is 2. The van der Waals surface area contributed by atoms with Crippen LogP contribution in [0, 0.1) is 29.6 Å². The van der Waals surface area contributed by atoms with E-state index >= 15 is 0 Å². The number of benzene rings is 2. The standard InChI is InChI=1S/C70H109N13O14S/c1-17-44(8)57(52(94-15)40-53(84)83-33-22-26-51(83)58(95-16)45(9)60(85)76-50(64-72-32-38-98-64)39-46-23-19-18-20-24-46)81(14)65(89)56(43(6)7)77-63(88)55(42(4)5)78-68(92)96-59(66(90)82-36-34-80(13)35-37-82)47-27-29-48(30-28-47)74-61(86)49(25-21-31-73-67(71)91)75-62(87)54(41(2)3)79-69(93)97-70(10,11)12/h18-20,23-24,27-30,32,38,41-45,49-52,54-59H,17,21-22,25-26,31,33-37,39-40H2,1-16H3,(H,74,86)(H,75,87)(H,76,85)(H,77,88)(H,78,92)(H,79,93)(H3,71,73,91)/t44-,45+,49-,50-,51-,52+,54-,55-,56-,57-,58+,59?/m0/s1. The maximum absolute atomic E-state index is 15.0. The number of nitrogens with one attached hydrogen (secondary N) is 7. The zero-order chi connectivity index (χ0) is 72.7. The molecule has 0 radical (unpaired) electrons. The Hall–Kier alpha value is -7.95. The van der Waals surface area contributed by atoms with Crippen LogP contribution in [-0.4, -0.2) is 206 Å². The van der Waals surface area contributed by atoms with Crippen LogP contribution in [0.15, 0.2) is 66.2 Å². The molecule has 2 aliphatic heterocycles. The van der Waals surface area contributed by atoms with Gasteiger partial charge < -0.3 is 81.5 Å². The zero-order valence-electron chi connectivity index (χ0n) is 60.1. The van der Waals surface area contributed by atoms with Crippen molar-refractivity contribution in [2.45, 2.75) is 194 Å². The fourth-order valence-corrected chi connectivity index (χ4v) is 13.0. The van der Waals surface area contributed by atoms with Gasteiger partial charge in [0.15, 0.2) is 0 Å². The van der Waals surface area contributed by atoms with Crippen molar-refractivity contribution >= 4 is 76.6 Å². The number of piperazine rings is 1. The Morgan fingerprint density at radius 2 is 1.35 bits per heavy atom. The summed E-state index contributed by atoms with van der Waals surface area (Å²) < 4.78 is 23.6. The molecule has 12 atom stereocenters. The first-order chi connectivity index (χ1) is 46.3. The summed E-state index contributed by atoms with van der Waals surface area (Å²) in [5, 5.41) is 22.0. The first kappa shape index (κ1) is 80.7. The normalized spacial score (nSPS) is 17.7. The molecule has 5 rings (SSSR count). The van der Waals surface area contributed by atoms with E-state index in [-0.39, 0.29) is 60.8 Å². The third-order valence-electron chi connectivity index (χ3n) is 18.0. The SMILES string of the molecule is CC[C@H](C)[C@@H]([C@@H](CC(=O)N1CCC[C@H]1[C@H](OC)[C@@H](C)C(=O)N[C@@H](Cc1ccccc1)c1nccs1)OC)N(C)C(=O)[C@@H](NC(=O)[C@@H](NC(=O)OC(C(=O)N1CCN(C)CC1)c1ccc(NC(=O)[C@H](CCCNC(N)=O)NC(=O)[C@@H](NC(=O)OC(C)(C)C)C(C)C)cc1)C(C)C)C(C)C. The van der Waals surface area contributed by atoms with Crippen molar-refractivity contribution in [3.8, 4) is 0 Å². The molecule has 0 aliphatic carbocycles. The van der Waals surface area contributed by atoms with Crippen molar-refractivity contribution in [2.24, 2.45) is 35.3 Å². The Bertz CT molecular complexity index is 3090. The summed E-state index contributed by atoms with van der Waals surface area (Å²) in [5.74, 6) is -5.75. The predicted octanol–water partition coefficient (Wildman–Crippen LogP) is 6.29. The van der Waals surface area contributed by atoms with E-state index in [2.05, 4.69) is 47.1 Å². The topological polar surface area (TPSA) is 344 Å². The van der Waals surface area contributed by atoms with Crippen molar-refractivity contribution in [1.29, 1.82) is 0 Å². The van der Waals surface area contributed by atoms with Gasteiger partial charge in [0.2, 0.25) is 41.5 Å². The summed E-state index contributed by atoms with van der Waals surface area (Å²) in [6.45, 7) is 23.5. The van der Waals surface area contributed by atoms with Gasteiger partial charge in [0, 0.05) is 83.4 Å². The Morgan fingerprint density at radius 1 is 0.735 bits per heavy atom. The molecule has 0 saturated carbocycles. The van der Waals surface area contributed by atoms with Crippen LogP contribution in [0.5, 0.6) is 0 Å². The molecule has 98 heavy (non-hydrogen) atoms. The van der Waals surface area contributed by atoms with Crippen LogP contribution in [0.4, 0.5) is 20.1 Å². The Balaban J connectivity index is 1.30. The predicted molar refractivity (Wildman–Crippen MR) is 373 cm³/mol. The van der Waals surface area contributed by atoms with E-state index in [4.69, 9.17) is 24.7 Å². The van der Waals surface area contributed by atoms with Gasteiger partial charge >= 0.3 is 18.2 Å². The first-order valence-corrected chi connectivity index (χ1v) is 35.0. The molecular formula is C70H109N13O14S. The Kier molecular flexibility index (Phi) is 31.6. The number of urea groups is 1. The van der Waals surface area contributed by atoms with E-state index in [1.54, 1.807) is 92.5 Å². The van der Waals surface area contributed by atoms with Gasteiger partial charge in [0.05, 0.1) is 42.7 Å². The molecule has 3 heterocycles. The summed E-state index contributed by atoms with van der Waals surface area (Å²) >= 11 is 1.46. The highest BCUT2D eigenvalue weighted by atomic mass is 32.1. The quantitative estimate of drug-likeness (QED) is 0.0304. The minimum atomic E-state index is -1.53. The van der Waals surface area contributed by atoms with Crippen LogP contribution in [0.1, 0.15) is 150 Å². The van der Waals surface area contributed by atoms with Crippen molar-refractivity contribution in [3.05, 3.63) is 82.3 Å². The lowest BCUT2D eigenvalue weighted by Gasteiger charge is -2.41. The molecule has 544 valence electrons. The summed E-state index contributed by atoms with van der Waals surface area (Å²) in [5.41, 5.74) is 5.93. The average molecular weight is 1390 g/mol. The fraction of sp³-hybridized carbons (Fsp3) is 0.643. The van der Waals surface area contributed by atoms with E-state index in [0.29, 0.717) is 58.4 Å². The summed E-state index contributed by atoms with van der Waals surface area (Å²) in [6, 6.07) is 8.97. The van der Waals surface area contributed by atoms with Crippen LogP contribution in [0.3, 0.4) is 0 Å². The number of amides is 11. The summed E-state index contributed by atoms with van der Waals surface area (Å²) in [6.07, 6.45) is -0.578. The molecule has 3 aromatic rings. The fourth-order valence-electron chi connectivity index (χ4n) is 12.3. The van der Waals surface area contributed by atoms with E-state index in [1.807, 2.05) is 63.5 Å². The minimum Gasteiger partial charge on any atom is -0.444 e. The lowest BCUT2D eigenvalue weighted by molar-refractivity contribution is -0.147. The van der Waals surface area contributed by atoms with Gasteiger partial charge in [-0.1, -0.05) is 111 Å².